The fourth-order valence-corrected chi connectivity index (χ4v) is 6.47. The molecule has 1 aromatic carbocycles. The minimum Gasteiger partial charge on any atom is -0.545 e. The molecular weight excluding hydrogens is 325 g/mol. The van der Waals surface area contributed by atoms with Crippen LogP contribution in [0, 0.1) is 5.92 Å². The number of carbonyl (C=O) groups excluding carboxylic acids is 2. The third kappa shape index (κ3) is 1.96. The molecule has 3 aliphatic rings. The number of hydrogen-bond donors (Lipinski definition) is 0. The first-order chi connectivity index (χ1) is 10.8. The average molecular weight is 339 g/mol. The number of carboxylic acids is 1. The summed E-state index contributed by atoms with van der Waals surface area (Å²) in [5.41, 5.74) is -0.848. The molecule has 0 bridgehead atoms. The first-order valence-electron chi connectivity index (χ1n) is 7.30. The fraction of sp³-hybridized carbons (Fsp3) is 0.375. The van der Waals surface area contributed by atoms with Crippen LogP contribution in [0.25, 0.3) is 0 Å². The van der Waals surface area contributed by atoms with Gasteiger partial charge >= 0.3 is 18.9 Å². The predicted molar refractivity (Wildman–Crippen MR) is 77.9 cm³/mol. The molecule has 5 atom stereocenters. The van der Waals surface area contributed by atoms with Crippen molar-refractivity contribution in [2.45, 2.75) is 28.1 Å². The molecule has 4 rings (SSSR count). The number of hydrogen-bond acceptors (Lipinski definition) is 6. The Morgan fingerprint density at radius 2 is 1.92 bits per heavy atom. The molecule has 2 aliphatic carbocycles. The SMILES string of the molecule is CN1C2C(=O)C=C(C(=O)[O-])C3C(S(=O)(=O)c4ccccc4)CC321.[Li+]. The molecule has 0 N–H and O–H groups in total. The van der Waals surface area contributed by atoms with E-state index in [9.17, 15) is 23.1 Å². The van der Waals surface area contributed by atoms with Crippen LogP contribution in [0.15, 0.2) is 46.9 Å². The van der Waals surface area contributed by atoms with Crippen LogP contribution in [0.4, 0.5) is 0 Å². The topological polar surface area (TPSA) is 94.3 Å². The monoisotopic (exact) mass is 339 g/mol. The summed E-state index contributed by atoms with van der Waals surface area (Å²) >= 11 is 0. The summed E-state index contributed by atoms with van der Waals surface area (Å²) in [6.07, 6.45) is 1.32. The van der Waals surface area contributed by atoms with Crippen molar-refractivity contribution in [2.24, 2.45) is 5.92 Å². The maximum Gasteiger partial charge on any atom is 1.00 e. The quantitative estimate of drug-likeness (QED) is 0.414. The van der Waals surface area contributed by atoms with Gasteiger partial charge in [-0.15, -0.1) is 0 Å². The Morgan fingerprint density at radius 3 is 2.50 bits per heavy atom. The van der Waals surface area contributed by atoms with E-state index in [1.807, 2.05) is 0 Å². The first kappa shape index (κ1) is 17.4. The van der Waals surface area contributed by atoms with Gasteiger partial charge in [-0.2, -0.15) is 0 Å². The van der Waals surface area contributed by atoms with Crippen LogP contribution in [-0.4, -0.2) is 48.9 Å². The predicted octanol–water partition coefficient (Wildman–Crippen LogP) is -3.84. The van der Waals surface area contributed by atoms with Gasteiger partial charge in [-0.3, -0.25) is 9.69 Å². The van der Waals surface area contributed by atoms with Crippen molar-refractivity contribution < 1.29 is 42.0 Å². The molecule has 6 nitrogen and oxygen atoms in total. The van der Waals surface area contributed by atoms with Gasteiger partial charge in [0.15, 0.2) is 15.6 Å². The zero-order valence-corrected chi connectivity index (χ0v) is 14.1. The van der Waals surface area contributed by atoms with Gasteiger partial charge in [-0.05, 0) is 37.3 Å². The largest absolute Gasteiger partial charge is 1.00 e. The molecule has 5 unspecified atom stereocenters. The van der Waals surface area contributed by atoms with E-state index in [0.717, 1.165) is 6.08 Å². The van der Waals surface area contributed by atoms with Gasteiger partial charge in [-0.25, -0.2) is 8.42 Å². The smallest absolute Gasteiger partial charge is 0.545 e. The normalized spacial score (nSPS) is 36.4. The third-order valence-corrected chi connectivity index (χ3v) is 7.66. The number of carbonyl (C=O) groups is 2. The van der Waals surface area contributed by atoms with Gasteiger partial charge < -0.3 is 9.90 Å². The Kier molecular flexibility index (Phi) is 3.85. The molecule has 2 fully saturated rings. The minimum absolute atomic E-state index is 0. The van der Waals surface area contributed by atoms with Crippen LogP contribution < -0.4 is 24.0 Å². The van der Waals surface area contributed by atoms with E-state index in [1.165, 1.54) is 12.1 Å². The number of ketones is 1. The van der Waals surface area contributed by atoms with Crippen molar-refractivity contribution in [1.29, 1.82) is 0 Å². The number of rotatable bonds is 3. The van der Waals surface area contributed by atoms with Crippen LogP contribution >= 0.6 is 0 Å². The van der Waals surface area contributed by atoms with Gasteiger partial charge in [0.2, 0.25) is 0 Å². The maximum atomic E-state index is 12.8. The summed E-state index contributed by atoms with van der Waals surface area (Å²) in [6.45, 7) is 0. The number of nitrogens with zero attached hydrogens (tertiary/aromatic N) is 1. The van der Waals surface area contributed by atoms with Crippen LogP contribution in [0.5, 0.6) is 0 Å². The van der Waals surface area contributed by atoms with E-state index in [-0.39, 0.29) is 41.5 Å². The molecule has 1 spiro atoms. The molecule has 24 heavy (non-hydrogen) atoms. The number of benzene rings is 1. The Bertz CT molecular complexity index is 866. The molecule has 1 saturated heterocycles. The number of sulfone groups is 1. The van der Waals surface area contributed by atoms with E-state index >= 15 is 0 Å². The van der Waals surface area contributed by atoms with Gasteiger partial charge in [0, 0.05) is 5.92 Å². The molecule has 1 saturated carbocycles. The first-order valence-corrected chi connectivity index (χ1v) is 8.85. The van der Waals surface area contributed by atoms with Crippen LogP contribution in [0.3, 0.4) is 0 Å². The second-order valence-corrected chi connectivity index (χ2v) is 8.54. The second-order valence-electron chi connectivity index (χ2n) is 6.37. The Balaban J connectivity index is 0.00000169. The molecular formula is C16H14LiNO5S. The molecule has 1 aliphatic heterocycles. The summed E-state index contributed by atoms with van der Waals surface area (Å²) in [5.74, 6) is -2.46. The molecule has 8 heteroatoms. The summed E-state index contributed by atoms with van der Waals surface area (Å²) in [4.78, 5) is 25.4. The van der Waals surface area contributed by atoms with E-state index in [0.29, 0.717) is 0 Å². The fourth-order valence-electron chi connectivity index (χ4n) is 4.35. The number of likely N-dealkylation sites (N-methyl/N-ethyl adjacent to an activating group) is 1. The Labute approximate surface area is 151 Å². The zero-order valence-electron chi connectivity index (χ0n) is 13.3. The van der Waals surface area contributed by atoms with E-state index in [2.05, 4.69) is 0 Å². The van der Waals surface area contributed by atoms with Gasteiger partial charge in [0.05, 0.1) is 27.7 Å². The summed E-state index contributed by atoms with van der Waals surface area (Å²) in [7, 11) is -1.93. The maximum absolute atomic E-state index is 12.8. The van der Waals surface area contributed by atoms with Crippen molar-refractivity contribution in [3.8, 4) is 0 Å². The summed E-state index contributed by atoms with van der Waals surface area (Å²) < 4.78 is 25.7. The number of carboxylic acid groups (broad SMARTS) is 1. The zero-order chi connectivity index (χ0) is 16.6. The second kappa shape index (κ2) is 5.30. The van der Waals surface area contributed by atoms with E-state index in [4.69, 9.17) is 0 Å². The van der Waals surface area contributed by atoms with Gasteiger partial charge in [0.25, 0.3) is 0 Å². The van der Waals surface area contributed by atoms with E-state index < -0.39 is 38.6 Å². The van der Waals surface area contributed by atoms with Crippen molar-refractivity contribution in [2.75, 3.05) is 7.05 Å². The Hall–Kier alpha value is -1.39. The van der Waals surface area contributed by atoms with Crippen molar-refractivity contribution in [1.82, 2.24) is 4.90 Å². The molecule has 1 heterocycles. The average Bonchev–Trinajstić information content (AvgIpc) is 3.12. The summed E-state index contributed by atoms with van der Waals surface area (Å²) in [6, 6.07) is 7.59. The molecule has 1 aromatic rings. The third-order valence-electron chi connectivity index (χ3n) is 5.50. The molecule has 120 valence electrons. The van der Waals surface area contributed by atoms with E-state index in [1.54, 1.807) is 30.1 Å². The number of aliphatic carboxylic acids is 1. The molecule has 0 radical (unpaired) electrons. The van der Waals surface area contributed by atoms with Gasteiger partial charge in [-0.1, -0.05) is 18.2 Å². The minimum atomic E-state index is -3.66. The molecule has 0 amide bonds. The van der Waals surface area contributed by atoms with Crippen molar-refractivity contribution >= 4 is 21.6 Å². The molecule has 0 aromatic heterocycles. The van der Waals surface area contributed by atoms with Crippen LogP contribution in [-0.2, 0) is 19.4 Å². The van der Waals surface area contributed by atoms with Crippen LogP contribution in [0.2, 0.25) is 0 Å². The Morgan fingerprint density at radius 1 is 1.29 bits per heavy atom. The van der Waals surface area contributed by atoms with Crippen molar-refractivity contribution in [3.05, 3.63) is 42.0 Å². The van der Waals surface area contributed by atoms with Gasteiger partial charge in [0.1, 0.15) is 0 Å². The standard InChI is InChI=1S/C16H15NO5S.Li/c1-17-14-11(18)7-10(15(19)20)13-12(8-16(13,14)17)23(21,22)9-5-3-2-4-6-9;/h2-7,12-14H,8H2,1H3,(H,19,20);/q;+1/p-1. The van der Waals surface area contributed by atoms with Crippen LogP contribution in [0.1, 0.15) is 6.42 Å². The summed E-state index contributed by atoms with van der Waals surface area (Å²) in [5, 5.41) is 10.6. The van der Waals surface area contributed by atoms with Crippen molar-refractivity contribution in [3.63, 3.8) is 0 Å².